The summed E-state index contributed by atoms with van der Waals surface area (Å²) in [6, 6.07) is 9.60. The van der Waals surface area contributed by atoms with Crippen LogP contribution in [0.15, 0.2) is 36.4 Å². The molecule has 0 bridgehead atoms. The normalized spacial score (nSPS) is 22.4. The summed E-state index contributed by atoms with van der Waals surface area (Å²) >= 11 is 0. The molecule has 2 fully saturated rings. The van der Waals surface area contributed by atoms with Crippen LogP contribution in [0.5, 0.6) is 0 Å². The number of halogens is 3. The lowest BCUT2D eigenvalue weighted by Gasteiger charge is -2.34. The zero-order valence-electron chi connectivity index (χ0n) is 21.5. The van der Waals surface area contributed by atoms with Crippen molar-refractivity contribution in [2.45, 2.75) is 52.6 Å². The Kier molecular flexibility index (Phi) is 6.94. The number of aryl methyl sites for hydroxylation is 2. The first-order valence-corrected chi connectivity index (χ1v) is 12.5. The maximum atomic E-state index is 14.0. The number of nitrogens with one attached hydrogen (secondary N) is 1. The lowest BCUT2D eigenvalue weighted by Crippen LogP contribution is -2.50. The van der Waals surface area contributed by atoms with Gasteiger partial charge >= 0.3 is 6.18 Å². The van der Waals surface area contributed by atoms with Gasteiger partial charge in [0.1, 0.15) is 0 Å². The molecule has 8 heteroatoms. The molecule has 1 saturated heterocycles. The van der Waals surface area contributed by atoms with Gasteiger partial charge in [-0.15, -0.1) is 0 Å². The predicted octanol–water partition coefficient (Wildman–Crippen LogP) is 5.76. The molecule has 1 aliphatic heterocycles. The lowest BCUT2D eigenvalue weighted by molar-refractivity contribution is -0.137. The second-order valence-electron chi connectivity index (χ2n) is 10.4. The Morgan fingerprint density at radius 1 is 1.17 bits per heavy atom. The van der Waals surface area contributed by atoms with E-state index < -0.39 is 29.0 Å². The number of hydrogen-bond acceptors (Lipinski definition) is 3. The Hall–Kier alpha value is -2.87. The van der Waals surface area contributed by atoms with E-state index >= 15 is 0 Å². The Morgan fingerprint density at radius 3 is 2.36 bits per heavy atom. The number of hydrogen-bond donors (Lipinski definition) is 1. The Labute approximate surface area is 210 Å². The largest absolute Gasteiger partial charge is 0.416 e. The van der Waals surface area contributed by atoms with Gasteiger partial charge in [-0.05, 0) is 81.1 Å². The minimum atomic E-state index is -4.51. The molecular weight excluding hydrogens is 467 g/mol. The second kappa shape index (κ2) is 9.54. The third-order valence-corrected chi connectivity index (χ3v) is 7.75. The van der Waals surface area contributed by atoms with Gasteiger partial charge in [0.25, 0.3) is 0 Å². The van der Waals surface area contributed by atoms with E-state index in [1.165, 1.54) is 6.07 Å². The minimum Gasteiger partial charge on any atom is -0.325 e. The molecule has 0 aromatic heterocycles. The molecule has 5 nitrogen and oxygen atoms in total. The molecule has 4 rings (SSSR count). The molecule has 1 saturated carbocycles. The zero-order valence-corrected chi connectivity index (χ0v) is 21.5. The third kappa shape index (κ3) is 4.88. The van der Waals surface area contributed by atoms with Crippen LogP contribution in [0.2, 0.25) is 0 Å². The van der Waals surface area contributed by atoms with E-state index in [-0.39, 0.29) is 24.1 Å². The zero-order chi connectivity index (χ0) is 26.4. The topological polar surface area (TPSA) is 52.7 Å². The van der Waals surface area contributed by atoms with Crippen molar-refractivity contribution in [2.24, 2.45) is 11.3 Å². The van der Waals surface area contributed by atoms with E-state index in [9.17, 15) is 22.8 Å². The minimum absolute atomic E-state index is 0.0923. The van der Waals surface area contributed by atoms with Crippen LogP contribution in [0.3, 0.4) is 0 Å². The van der Waals surface area contributed by atoms with Crippen LogP contribution in [0, 0.1) is 25.2 Å². The van der Waals surface area contributed by atoms with Gasteiger partial charge < -0.3 is 15.1 Å². The van der Waals surface area contributed by atoms with Crippen molar-refractivity contribution in [1.82, 2.24) is 4.90 Å². The number of alkyl halides is 3. The number of anilines is 2. The van der Waals surface area contributed by atoms with Crippen LogP contribution >= 0.6 is 0 Å². The third-order valence-electron chi connectivity index (χ3n) is 7.75. The number of para-hydroxylation sites is 1. The first kappa shape index (κ1) is 26.2. The van der Waals surface area contributed by atoms with Gasteiger partial charge in [-0.3, -0.25) is 9.59 Å². The summed E-state index contributed by atoms with van der Waals surface area (Å²) in [4.78, 5) is 31.2. The van der Waals surface area contributed by atoms with Crippen LogP contribution in [0.1, 0.15) is 54.9 Å². The van der Waals surface area contributed by atoms with Crippen molar-refractivity contribution >= 4 is 23.2 Å². The maximum absolute atomic E-state index is 14.0. The molecule has 2 aliphatic rings. The van der Waals surface area contributed by atoms with E-state index in [4.69, 9.17) is 0 Å². The summed E-state index contributed by atoms with van der Waals surface area (Å²) in [6.07, 6.45) is -2.83. The van der Waals surface area contributed by atoms with Gasteiger partial charge in [-0.2, -0.15) is 13.2 Å². The molecule has 0 unspecified atom stereocenters. The van der Waals surface area contributed by atoms with E-state index in [0.29, 0.717) is 18.7 Å². The van der Waals surface area contributed by atoms with Gasteiger partial charge in [0.05, 0.1) is 16.9 Å². The smallest absolute Gasteiger partial charge is 0.325 e. The first-order chi connectivity index (χ1) is 16.9. The van der Waals surface area contributed by atoms with Gasteiger partial charge in [0, 0.05) is 24.5 Å². The van der Waals surface area contributed by atoms with Crippen molar-refractivity contribution in [2.75, 3.05) is 36.9 Å². The standard InChI is InChI=1S/C28H34F3N3O2/c1-6-33(5)15-27(16-34(25(35)19(27)4)24-17(2)8-7-9-18(24)3)26(36)32-23-13-21(20-10-11-20)12-22(14-23)28(29,30)31/h7-9,12-14,19-20H,6,10-11,15-16H2,1-5H3,(H,32,36)/t19-,27-/m1/s1. The predicted molar refractivity (Wildman–Crippen MR) is 135 cm³/mol. The summed E-state index contributed by atoms with van der Waals surface area (Å²) < 4.78 is 40.9. The maximum Gasteiger partial charge on any atom is 0.416 e. The number of benzene rings is 2. The van der Waals surface area contributed by atoms with E-state index in [1.807, 2.05) is 50.9 Å². The molecule has 194 valence electrons. The van der Waals surface area contributed by atoms with Crippen molar-refractivity contribution in [3.63, 3.8) is 0 Å². The second-order valence-corrected chi connectivity index (χ2v) is 10.4. The highest BCUT2D eigenvalue weighted by Crippen LogP contribution is 2.45. The number of carbonyl (C=O) groups excluding carboxylic acids is 2. The highest BCUT2D eigenvalue weighted by molar-refractivity contribution is 6.08. The Balaban J connectivity index is 1.73. The van der Waals surface area contributed by atoms with Crippen LogP contribution in [-0.4, -0.2) is 43.4 Å². The number of nitrogens with zero attached hydrogens (tertiary/aromatic N) is 2. The SMILES string of the molecule is CCN(C)C[C@@]1(C(=O)Nc2cc(C3CC3)cc(C(F)(F)F)c2)CN(c2c(C)cccc2C)C(=O)[C@H]1C. The molecule has 1 heterocycles. The van der Waals surface area contributed by atoms with Gasteiger partial charge in [0.15, 0.2) is 0 Å². The lowest BCUT2D eigenvalue weighted by atomic mass is 9.77. The fraction of sp³-hybridized carbons (Fsp3) is 0.500. The van der Waals surface area contributed by atoms with E-state index in [1.54, 1.807) is 17.9 Å². The summed E-state index contributed by atoms with van der Waals surface area (Å²) in [7, 11) is 1.88. The van der Waals surface area contributed by atoms with Crippen LogP contribution in [-0.2, 0) is 15.8 Å². The average Bonchev–Trinajstić information content (AvgIpc) is 3.63. The molecule has 1 N–H and O–H groups in total. The monoisotopic (exact) mass is 501 g/mol. The molecule has 2 atom stereocenters. The average molecular weight is 502 g/mol. The van der Waals surface area contributed by atoms with E-state index in [0.717, 1.165) is 35.7 Å². The fourth-order valence-electron chi connectivity index (χ4n) is 5.30. The van der Waals surface area contributed by atoms with Crippen molar-refractivity contribution in [3.05, 3.63) is 58.7 Å². The molecule has 36 heavy (non-hydrogen) atoms. The molecule has 2 aromatic rings. The first-order valence-electron chi connectivity index (χ1n) is 12.5. The summed E-state index contributed by atoms with van der Waals surface area (Å²) in [5.41, 5.74) is 1.47. The Morgan fingerprint density at radius 2 is 1.81 bits per heavy atom. The number of rotatable bonds is 7. The Bertz CT molecular complexity index is 1150. The van der Waals surface area contributed by atoms with Crippen LogP contribution in [0.25, 0.3) is 0 Å². The van der Waals surface area contributed by atoms with Gasteiger partial charge in [0.2, 0.25) is 11.8 Å². The quantitative estimate of drug-likeness (QED) is 0.525. The summed E-state index contributed by atoms with van der Waals surface area (Å²) in [5, 5.41) is 2.80. The van der Waals surface area contributed by atoms with Crippen molar-refractivity contribution < 1.29 is 22.8 Å². The molecule has 0 radical (unpaired) electrons. The number of amides is 2. The van der Waals surface area contributed by atoms with Gasteiger partial charge in [-0.25, -0.2) is 0 Å². The fourth-order valence-corrected chi connectivity index (χ4v) is 5.30. The highest BCUT2D eigenvalue weighted by atomic mass is 19.4. The molecule has 2 aromatic carbocycles. The molecular formula is C28H34F3N3O2. The molecule has 0 spiro atoms. The van der Waals surface area contributed by atoms with Crippen LogP contribution < -0.4 is 10.2 Å². The number of carbonyl (C=O) groups is 2. The van der Waals surface area contributed by atoms with Gasteiger partial charge in [-0.1, -0.05) is 32.0 Å². The summed E-state index contributed by atoms with van der Waals surface area (Å²) in [6.45, 7) is 8.70. The van der Waals surface area contributed by atoms with E-state index in [2.05, 4.69) is 5.32 Å². The molecule has 1 aliphatic carbocycles. The van der Waals surface area contributed by atoms with Crippen molar-refractivity contribution in [3.8, 4) is 0 Å². The highest BCUT2D eigenvalue weighted by Gasteiger charge is 2.56. The van der Waals surface area contributed by atoms with Crippen molar-refractivity contribution in [1.29, 1.82) is 0 Å². The molecule has 2 amide bonds. The summed E-state index contributed by atoms with van der Waals surface area (Å²) in [5.74, 6) is -1.15. The van der Waals surface area contributed by atoms with Crippen LogP contribution in [0.4, 0.5) is 24.5 Å².